The van der Waals surface area contributed by atoms with Crippen LogP contribution in [0.15, 0.2) is 103 Å². The summed E-state index contributed by atoms with van der Waals surface area (Å²) >= 11 is 6.61. The van der Waals surface area contributed by atoms with Gasteiger partial charge in [0.2, 0.25) is 0 Å². The fraction of sp³-hybridized carbons (Fsp3) is 0. The molecule has 0 fully saturated rings. The molecule has 0 atom stereocenters. The van der Waals surface area contributed by atoms with E-state index < -0.39 is 6.04 Å². The van der Waals surface area contributed by atoms with Crippen LogP contribution in [0.5, 0.6) is 11.5 Å². The molecule has 0 unspecified atom stereocenters. The van der Waals surface area contributed by atoms with Crippen LogP contribution in [0.2, 0.25) is 5.02 Å². The van der Waals surface area contributed by atoms with Gasteiger partial charge in [0.05, 0.1) is 11.9 Å². The Labute approximate surface area is 187 Å². The lowest BCUT2D eigenvalue weighted by Crippen LogP contribution is -1.89. The van der Waals surface area contributed by atoms with Gasteiger partial charge in [-0.05, 0) is 45.7 Å². The average molecular weight is 410 g/mol. The molecule has 1 nitrogen and oxygen atoms in total. The molecule has 0 aromatic heterocycles. The highest BCUT2D eigenvalue weighted by atomic mass is 35.5. The Bertz CT molecular complexity index is 1670. The summed E-state index contributed by atoms with van der Waals surface area (Å²) in [5, 5.41) is 2.47. The van der Waals surface area contributed by atoms with Gasteiger partial charge >= 0.3 is 0 Å². The third-order valence-electron chi connectivity index (χ3n) is 5.42. The molecule has 0 amide bonds. The number of benzene rings is 5. The molecule has 6 rings (SSSR count). The van der Waals surface area contributed by atoms with Crippen molar-refractivity contribution in [1.29, 1.82) is 0 Å². The zero-order chi connectivity index (χ0) is 24.4. The van der Waals surface area contributed by atoms with Gasteiger partial charge in [-0.2, -0.15) is 0 Å². The second-order valence-electron chi connectivity index (χ2n) is 7.14. The largest absolute Gasteiger partial charge is 0.454 e. The van der Waals surface area contributed by atoms with Crippen molar-refractivity contribution in [3.8, 4) is 44.9 Å². The summed E-state index contributed by atoms with van der Waals surface area (Å²) in [6.07, 6.45) is 0. The second-order valence-corrected chi connectivity index (χ2v) is 7.55. The molecule has 5 aromatic rings. The molecule has 0 N–H and O–H groups in total. The molecule has 1 aliphatic heterocycles. The van der Waals surface area contributed by atoms with E-state index in [-0.39, 0.29) is 29.7 Å². The predicted octanol–water partition coefficient (Wildman–Crippen LogP) is 8.60. The maximum Gasteiger partial charge on any atom is 0.153 e. The van der Waals surface area contributed by atoms with Crippen LogP contribution >= 0.6 is 11.6 Å². The van der Waals surface area contributed by atoms with Crippen LogP contribution in [0, 0.1) is 0 Å². The molecule has 0 radical (unpaired) electrons. The molecule has 0 bridgehead atoms. The number of ether oxygens (including phenoxy) is 1. The van der Waals surface area contributed by atoms with E-state index >= 15 is 0 Å². The van der Waals surface area contributed by atoms with Crippen molar-refractivity contribution in [3.63, 3.8) is 0 Å². The van der Waals surface area contributed by atoms with Crippen molar-refractivity contribution in [2.75, 3.05) is 0 Å². The number of para-hydroxylation sites is 1. The average Bonchev–Trinajstić information content (AvgIpc) is 3.01. The van der Waals surface area contributed by atoms with E-state index in [1.165, 1.54) is 0 Å². The molecule has 0 saturated carbocycles. The zero-order valence-electron chi connectivity index (χ0n) is 20.7. The normalized spacial score (nSPS) is 14.1. The number of hydrogen-bond acceptors (Lipinski definition) is 1. The summed E-state index contributed by atoms with van der Waals surface area (Å²) in [6, 6.07) is 21.4. The Morgan fingerprint density at radius 3 is 2.20 bits per heavy atom. The lowest BCUT2D eigenvalue weighted by molar-refractivity contribution is 0.488. The fourth-order valence-corrected chi connectivity index (χ4v) is 4.31. The molecular weight excluding hydrogens is 388 g/mol. The first-order chi connectivity index (χ1) is 16.9. The monoisotopic (exact) mass is 409 g/mol. The summed E-state index contributed by atoms with van der Waals surface area (Å²) in [7, 11) is 0. The highest BCUT2D eigenvalue weighted by Gasteiger charge is 2.25. The van der Waals surface area contributed by atoms with Crippen LogP contribution in [0.1, 0.15) is 6.85 Å². The first-order valence-electron chi connectivity index (χ1n) is 12.1. The SMILES string of the molecule is [2H]c1c([2H])c([2H])c(-c2cccc3c2-c2cccc(Cl)c2Oc2cc4ccccc4cc2-3)c([2H])c1[2H]. The summed E-state index contributed by atoms with van der Waals surface area (Å²) in [5.74, 6) is 1.10. The maximum absolute atomic E-state index is 8.59. The van der Waals surface area contributed by atoms with Crippen molar-refractivity contribution in [1.82, 2.24) is 0 Å². The van der Waals surface area contributed by atoms with Gasteiger partial charge < -0.3 is 4.74 Å². The van der Waals surface area contributed by atoms with Gasteiger partial charge in [0, 0.05) is 16.7 Å². The fourth-order valence-electron chi connectivity index (χ4n) is 4.09. The molecule has 0 spiro atoms. The molecule has 142 valence electrons. The van der Waals surface area contributed by atoms with Crippen molar-refractivity contribution in [3.05, 3.63) is 108 Å². The minimum Gasteiger partial charge on any atom is -0.454 e. The molecule has 30 heavy (non-hydrogen) atoms. The third kappa shape index (κ3) is 2.63. The van der Waals surface area contributed by atoms with E-state index in [1.807, 2.05) is 54.6 Å². The van der Waals surface area contributed by atoms with Gasteiger partial charge in [-0.3, -0.25) is 0 Å². The van der Waals surface area contributed by atoms with Crippen LogP contribution in [-0.2, 0) is 0 Å². The van der Waals surface area contributed by atoms with Crippen molar-refractivity contribution in [2.24, 2.45) is 0 Å². The standard InChI is InChI=1S/C28H17ClO/c29-25-15-7-14-23-27-21(18-8-2-1-3-9-18)12-6-13-22(27)24-16-19-10-4-5-11-20(19)17-26(24)30-28(23)25/h1-17H/i1D,2D,3D,8D,9D. The summed E-state index contributed by atoms with van der Waals surface area (Å²) in [4.78, 5) is 0. The van der Waals surface area contributed by atoms with E-state index in [4.69, 9.17) is 23.2 Å². The molecule has 5 aromatic carbocycles. The lowest BCUT2D eigenvalue weighted by atomic mass is 9.87. The van der Waals surface area contributed by atoms with Crippen LogP contribution in [-0.4, -0.2) is 0 Å². The molecular formula is C28H17ClO. The van der Waals surface area contributed by atoms with Gasteiger partial charge in [0.15, 0.2) is 5.75 Å². The van der Waals surface area contributed by atoms with E-state index in [0.717, 1.165) is 21.9 Å². The Hall–Kier alpha value is -3.55. The van der Waals surface area contributed by atoms with Gasteiger partial charge in [-0.25, -0.2) is 0 Å². The van der Waals surface area contributed by atoms with Gasteiger partial charge in [-0.15, -0.1) is 0 Å². The lowest BCUT2D eigenvalue weighted by Gasteiger charge is -2.15. The number of hydrogen-bond donors (Lipinski definition) is 0. The predicted molar refractivity (Wildman–Crippen MR) is 125 cm³/mol. The Balaban J connectivity index is 1.79. The molecule has 0 aliphatic carbocycles. The van der Waals surface area contributed by atoms with Crippen LogP contribution in [0.25, 0.3) is 44.2 Å². The van der Waals surface area contributed by atoms with Crippen molar-refractivity contribution in [2.45, 2.75) is 0 Å². The smallest absolute Gasteiger partial charge is 0.153 e. The van der Waals surface area contributed by atoms with Crippen LogP contribution < -0.4 is 4.74 Å². The van der Waals surface area contributed by atoms with Crippen molar-refractivity contribution >= 4 is 22.4 Å². The van der Waals surface area contributed by atoms with Crippen molar-refractivity contribution < 1.29 is 11.6 Å². The van der Waals surface area contributed by atoms with Gasteiger partial charge in [0.25, 0.3) is 0 Å². The molecule has 2 heteroatoms. The van der Waals surface area contributed by atoms with Gasteiger partial charge in [-0.1, -0.05) is 96.4 Å². The highest BCUT2D eigenvalue weighted by molar-refractivity contribution is 6.32. The van der Waals surface area contributed by atoms with Gasteiger partial charge in [0.1, 0.15) is 5.75 Å². The minimum atomic E-state index is -0.422. The zero-order valence-corrected chi connectivity index (χ0v) is 16.5. The van der Waals surface area contributed by atoms with E-state index in [1.54, 1.807) is 12.1 Å². The summed E-state index contributed by atoms with van der Waals surface area (Å²) < 4.78 is 48.0. The van der Waals surface area contributed by atoms with E-state index in [2.05, 4.69) is 6.07 Å². The first-order valence-corrected chi connectivity index (χ1v) is 9.95. The number of rotatable bonds is 1. The highest BCUT2D eigenvalue weighted by Crippen LogP contribution is 2.52. The summed E-state index contributed by atoms with van der Waals surface area (Å²) in [5.41, 5.74) is 3.72. The second kappa shape index (κ2) is 6.76. The van der Waals surface area contributed by atoms with Crippen LogP contribution in [0.4, 0.5) is 0 Å². The Kier molecular flexibility index (Phi) is 2.90. The molecule has 0 saturated heterocycles. The first kappa shape index (κ1) is 12.9. The molecule has 1 heterocycles. The minimum absolute atomic E-state index is 0.142. The number of halogens is 1. The van der Waals surface area contributed by atoms with Crippen LogP contribution in [0.3, 0.4) is 0 Å². The summed E-state index contributed by atoms with van der Waals surface area (Å²) in [6.45, 7) is 0. The Morgan fingerprint density at radius 2 is 1.37 bits per heavy atom. The Morgan fingerprint density at radius 1 is 0.667 bits per heavy atom. The number of fused-ring (bicyclic) bond motifs is 6. The molecule has 1 aliphatic rings. The maximum atomic E-state index is 8.59. The van der Waals surface area contributed by atoms with E-state index in [9.17, 15) is 0 Å². The van der Waals surface area contributed by atoms with E-state index in [0.29, 0.717) is 33.2 Å². The third-order valence-corrected chi connectivity index (χ3v) is 5.72. The quantitative estimate of drug-likeness (QED) is 0.264. The topological polar surface area (TPSA) is 9.23 Å².